The molecule has 19 heavy (non-hydrogen) atoms. The molecule has 8 heteroatoms. The van der Waals surface area contributed by atoms with Gasteiger partial charge in [0.05, 0.1) is 15.4 Å². The molecule has 0 spiro atoms. The van der Waals surface area contributed by atoms with Crippen LogP contribution in [0.3, 0.4) is 0 Å². The summed E-state index contributed by atoms with van der Waals surface area (Å²) in [5.74, 6) is 0. The molecule has 0 amide bonds. The number of rotatable bonds is 3. The number of allylic oxidation sites excluding steroid dienone is 1. The maximum absolute atomic E-state index is 11.3. The molecule has 0 N–H and O–H groups in total. The molecule has 1 aromatic rings. The van der Waals surface area contributed by atoms with Crippen LogP contribution in [-0.4, -0.2) is 19.6 Å². The normalized spacial score (nSPS) is 10.1. The molecule has 0 heterocycles. The average molecular weight is 277 g/mol. The van der Waals surface area contributed by atoms with Gasteiger partial charge in [-0.3, -0.25) is 10.1 Å². The molecule has 0 bridgehead atoms. The van der Waals surface area contributed by atoms with Crippen LogP contribution in [0.4, 0.5) is 5.69 Å². The Labute approximate surface area is 109 Å². The Morgan fingerprint density at radius 1 is 1.37 bits per heavy atom. The van der Waals surface area contributed by atoms with Crippen LogP contribution in [0.25, 0.3) is 6.08 Å². The Morgan fingerprint density at radius 3 is 2.37 bits per heavy atom. The fourth-order valence-corrected chi connectivity index (χ4v) is 1.92. The Kier molecular flexibility index (Phi) is 4.00. The Hall–Kier alpha value is -2.71. The van der Waals surface area contributed by atoms with Crippen LogP contribution in [0.1, 0.15) is 5.56 Å². The van der Waals surface area contributed by atoms with Gasteiger partial charge in [0.1, 0.15) is 17.7 Å². The molecule has 0 fully saturated rings. The summed E-state index contributed by atoms with van der Waals surface area (Å²) in [5, 5.41) is 28.1. The zero-order valence-electron chi connectivity index (χ0n) is 9.69. The van der Waals surface area contributed by atoms with Crippen LogP contribution in [0.5, 0.6) is 0 Å². The fraction of sp³-hybridized carbons (Fsp3) is 0.0909. The zero-order chi connectivity index (χ0) is 14.6. The Bertz CT molecular complexity index is 735. The summed E-state index contributed by atoms with van der Waals surface area (Å²) < 4.78 is 22.6. The van der Waals surface area contributed by atoms with Crippen LogP contribution in [0, 0.1) is 32.8 Å². The lowest BCUT2D eigenvalue weighted by molar-refractivity contribution is -0.385. The molecule has 0 radical (unpaired) electrons. The highest BCUT2D eigenvalue weighted by Crippen LogP contribution is 2.25. The van der Waals surface area contributed by atoms with Crippen LogP contribution in [-0.2, 0) is 9.84 Å². The molecule has 0 saturated heterocycles. The van der Waals surface area contributed by atoms with Crippen molar-refractivity contribution in [1.82, 2.24) is 0 Å². The molecular formula is C11H7N3O4S. The van der Waals surface area contributed by atoms with Crippen molar-refractivity contribution in [3.8, 4) is 12.1 Å². The summed E-state index contributed by atoms with van der Waals surface area (Å²) in [6.07, 6.45) is 1.96. The van der Waals surface area contributed by atoms with Gasteiger partial charge in [-0.25, -0.2) is 8.42 Å². The summed E-state index contributed by atoms with van der Waals surface area (Å²) in [5.41, 5.74) is -0.795. The second kappa shape index (κ2) is 5.29. The SMILES string of the molecule is CS(=O)(=O)c1ccc(C=C(C#N)C#N)c([N+](=O)[O-])c1. The van der Waals surface area contributed by atoms with E-state index in [0.717, 1.165) is 18.4 Å². The molecule has 0 unspecified atom stereocenters. The third-order valence-corrected chi connectivity index (χ3v) is 3.28. The zero-order valence-corrected chi connectivity index (χ0v) is 10.5. The molecule has 0 atom stereocenters. The number of nitrogens with zero attached hydrogens (tertiary/aromatic N) is 3. The molecule has 0 saturated carbocycles. The highest BCUT2D eigenvalue weighted by Gasteiger charge is 2.17. The number of benzene rings is 1. The van der Waals surface area contributed by atoms with Gasteiger partial charge in [0.15, 0.2) is 9.84 Å². The van der Waals surface area contributed by atoms with Gasteiger partial charge in [-0.1, -0.05) is 0 Å². The lowest BCUT2D eigenvalue weighted by atomic mass is 10.1. The van der Waals surface area contributed by atoms with E-state index in [1.807, 2.05) is 0 Å². The van der Waals surface area contributed by atoms with Crippen molar-refractivity contribution in [2.75, 3.05) is 6.26 Å². The quantitative estimate of drug-likeness (QED) is 0.467. The molecule has 0 aliphatic carbocycles. The minimum Gasteiger partial charge on any atom is -0.258 e. The second-order valence-corrected chi connectivity index (χ2v) is 5.55. The monoisotopic (exact) mass is 277 g/mol. The van der Waals surface area contributed by atoms with Crippen LogP contribution >= 0.6 is 0 Å². The van der Waals surface area contributed by atoms with E-state index in [-0.39, 0.29) is 16.0 Å². The van der Waals surface area contributed by atoms with E-state index in [9.17, 15) is 18.5 Å². The first-order valence-electron chi connectivity index (χ1n) is 4.80. The van der Waals surface area contributed by atoms with Crippen molar-refractivity contribution < 1.29 is 13.3 Å². The number of sulfone groups is 1. The lowest BCUT2D eigenvalue weighted by Crippen LogP contribution is -2.00. The summed E-state index contributed by atoms with van der Waals surface area (Å²) in [7, 11) is -3.57. The fourth-order valence-electron chi connectivity index (χ4n) is 1.28. The first-order chi connectivity index (χ1) is 8.79. The number of hydrogen-bond acceptors (Lipinski definition) is 6. The van der Waals surface area contributed by atoms with E-state index in [0.29, 0.717) is 0 Å². The van der Waals surface area contributed by atoms with Crippen molar-refractivity contribution in [3.05, 3.63) is 39.4 Å². The predicted molar refractivity (Wildman–Crippen MR) is 65.4 cm³/mol. The number of nitro groups is 1. The van der Waals surface area contributed by atoms with Crippen molar-refractivity contribution in [2.45, 2.75) is 4.90 Å². The van der Waals surface area contributed by atoms with E-state index in [2.05, 4.69) is 0 Å². The molecular weight excluding hydrogens is 270 g/mol. The van der Waals surface area contributed by atoms with Gasteiger partial charge in [0.25, 0.3) is 5.69 Å². The van der Waals surface area contributed by atoms with Gasteiger partial charge in [-0.2, -0.15) is 10.5 Å². The van der Waals surface area contributed by atoms with Crippen LogP contribution in [0.2, 0.25) is 0 Å². The molecule has 1 rings (SSSR count). The molecule has 0 aliphatic rings. The summed E-state index contributed by atoms with van der Waals surface area (Å²) >= 11 is 0. The molecule has 0 aliphatic heterocycles. The Morgan fingerprint density at radius 2 is 1.95 bits per heavy atom. The average Bonchev–Trinajstić information content (AvgIpc) is 2.34. The summed E-state index contributed by atoms with van der Waals surface area (Å²) in [6.45, 7) is 0. The van der Waals surface area contributed by atoms with Gasteiger partial charge in [-0.15, -0.1) is 0 Å². The minimum atomic E-state index is -3.57. The topological polar surface area (TPSA) is 125 Å². The van der Waals surface area contributed by atoms with E-state index in [4.69, 9.17) is 10.5 Å². The van der Waals surface area contributed by atoms with Crippen molar-refractivity contribution in [2.24, 2.45) is 0 Å². The minimum absolute atomic E-state index is 0.00417. The highest BCUT2D eigenvalue weighted by molar-refractivity contribution is 7.90. The lowest BCUT2D eigenvalue weighted by Gasteiger charge is -2.01. The Balaban J connectivity index is 3.54. The largest absolute Gasteiger partial charge is 0.277 e. The van der Waals surface area contributed by atoms with Gasteiger partial charge in [-0.05, 0) is 18.2 Å². The third-order valence-electron chi connectivity index (χ3n) is 2.17. The van der Waals surface area contributed by atoms with Gasteiger partial charge in [0.2, 0.25) is 0 Å². The maximum Gasteiger partial charge on any atom is 0.277 e. The first-order valence-corrected chi connectivity index (χ1v) is 6.69. The van der Waals surface area contributed by atoms with E-state index in [1.165, 1.54) is 12.1 Å². The third kappa shape index (κ3) is 3.37. The predicted octanol–water partition coefficient (Wildman–Crippen LogP) is 1.43. The van der Waals surface area contributed by atoms with Gasteiger partial charge < -0.3 is 0 Å². The molecule has 0 aromatic heterocycles. The highest BCUT2D eigenvalue weighted by atomic mass is 32.2. The summed E-state index contributed by atoms with van der Waals surface area (Å²) in [4.78, 5) is 9.90. The van der Waals surface area contributed by atoms with Crippen molar-refractivity contribution >= 4 is 21.6 Å². The van der Waals surface area contributed by atoms with Crippen molar-refractivity contribution in [1.29, 1.82) is 10.5 Å². The van der Waals surface area contributed by atoms with Crippen LogP contribution in [0.15, 0.2) is 28.7 Å². The molecule has 1 aromatic carbocycles. The maximum atomic E-state index is 11.3. The standard InChI is InChI=1S/C11H7N3O4S/c1-19(17,18)10-3-2-9(4-8(6-12)7-13)11(5-10)14(15)16/h2-5H,1H3. The number of hydrogen-bond donors (Lipinski definition) is 0. The van der Waals surface area contributed by atoms with Gasteiger partial charge in [0, 0.05) is 12.3 Å². The van der Waals surface area contributed by atoms with E-state index in [1.54, 1.807) is 12.1 Å². The van der Waals surface area contributed by atoms with Crippen molar-refractivity contribution in [3.63, 3.8) is 0 Å². The van der Waals surface area contributed by atoms with E-state index < -0.39 is 20.4 Å². The summed E-state index contributed by atoms with van der Waals surface area (Å²) in [6, 6.07) is 6.40. The van der Waals surface area contributed by atoms with E-state index >= 15 is 0 Å². The molecule has 96 valence electrons. The van der Waals surface area contributed by atoms with Gasteiger partial charge >= 0.3 is 0 Å². The number of nitro benzene ring substituents is 1. The van der Waals surface area contributed by atoms with Crippen LogP contribution < -0.4 is 0 Å². The smallest absolute Gasteiger partial charge is 0.258 e. The number of nitriles is 2. The molecule has 7 nitrogen and oxygen atoms in total. The second-order valence-electron chi connectivity index (χ2n) is 3.53. The first kappa shape index (κ1) is 14.4.